The molecule has 0 fully saturated rings. The summed E-state index contributed by atoms with van der Waals surface area (Å²) in [6.45, 7) is -0.0974. The molecule has 188 valence electrons. The molecule has 0 aromatic heterocycles. The number of carbonyl (C=O) groups is 2. The first kappa shape index (κ1) is 25.5. The Morgan fingerprint density at radius 1 is 0.568 bits per heavy atom. The topological polar surface area (TPSA) is 99.5 Å². The molecule has 0 bridgehead atoms. The van der Waals surface area contributed by atoms with Crippen molar-refractivity contribution in [2.75, 3.05) is 0 Å². The van der Waals surface area contributed by atoms with Crippen LogP contribution in [-0.2, 0) is 13.1 Å². The Morgan fingerprint density at radius 3 is 1.32 bits per heavy atom. The highest BCUT2D eigenvalue weighted by atomic mass is 32.2. The third kappa shape index (κ3) is 7.68. The highest BCUT2D eigenvalue weighted by Gasteiger charge is 2.23. The summed E-state index contributed by atoms with van der Waals surface area (Å²) < 4.78 is 13.6. The van der Waals surface area contributed by atoms with E-state index in [0.717, 1.165) is 8.61 Å². The second-order valence-corrected chi connectivity index (χ2v) is 8.89. The van der Waals surface area contributed by atoms with Crippen molar-refractivity contribution in [3.05, 3.63) is 120 Å². The largest absolute Gasteiger partial charge is 0.464 e. The molecule has 0 aliphatic rings. The van der Waals surface area contributed by atoms with Crippen LogP contribution in [0.15, 0.2) is 109 Å². The summed E-state index contributed by atoms with van der Waals surface area (Å²) in [6.07, 6.45) is -2.54. The van der Waals surface area contributed by atoms with Crippen LogP contribution < -0.4 is 9.47 Å². The number of benzene rings is 4. The molecule has 37 heavy (non-hydrogen) atoms. The zero-order valence-electron chi connectivity index (χ0n) is 19.6. The molecule has 4 rings (SSSR count). The van der Waals surface area contributed by atoms with Crippen LogP contribution in [0.5, 0.6) is 23.0 Å². The molecular weight excluding hydrogens is 492 g/mol. The van der Waals surface area contributed by atoms with Gasteiger partial charge in [-0.15, -0.1) is 0 Å². The SMILES string of the molecule is O=C(O)N(Cc1cccc(Oc2ccccc2)c1)SN(Cc1cccc(Oc2ccccc2)c1)C(=O)O. The Labute approximate surface area is 218 Å². The van der Waals surface area contributed by atoms with Gasteiger partial charge in [0, 0.05) is 0 Å². The van der Waals surface area contributed by atoms with Gasteiger partial charge in [-0.05, 0) is 59.7 Å². The number of carboxylic acid groups (broad SMARTS) is 2. The molecule has 0 aliphatic heterocycles. The van der Waals surface area contributed by atoms with Gasteiger partial charge in [-0.3, -0.25) is 0 Å². The fourth-order valence-electron chi connectivity index (χ4n) is 3.38. The Hall–Kier alpha value is -4.63. The second kappa shape index (κ2) is 12.4. The highest BCUT2D eigenvalue weighted by Crippen LogP contribution is 2.28. The summed E-state index contributed by atoms with van der Waals surface area (Å²) in [7, 11) is 0. The number of ether oxygens (including phenoxy) is 2. The van der Waals surface area contributed by atoms with E-state index in [4.69, 9.17) is 9.47 Å². The van der Waals surface area contributed by atoms with E-state index in [1.807, 2.05) is 60.7 Å². The minimum Gasteiger partial charge on any atom is -0.464 e. The van der Waals surface area contributed by atoms with Crippen LogP contribution in [0.4, 0.5) is 9.59 Å². The molecule has 0 radical (unpaired) electrons. The summed E-state index contributed by atoms with van der Waals surface area (Å²) in [5.74, 6) is 2.40. The maximum atomic E-state index is 12.0. The lowest BCUT2D eigenvalue weighted by Crippen LogP contribution is -2.31. The van der Waals surface area contributed by atoms with Crippen LogP contribution in [-0.4, -0.2) is 31.0 Å². The first-order valence-corrected chi connectivity index (χ1v) is 12.0. The summed E-state index contributed by atoms with van der Waals surface area (Å²) in [6, 6.07) is 32.4. The number of rotatable bonds is 10. The van der Waals surface area contributed by atoms with Crippen LogP contribution in [0.2, 0.25) is 0 Å². The molecule has 9 heteroatoms. The molecule has 4 aromatic carbocycles. The van der Waals surface area contributed by atoms with Gasteiger partial charge in [-0.1, -0.05) is 60.7 Å². The summed E-state index contributed by atoms with van der Waals surface area (Å²) in [4.78, 5) is 24.0. The molecule has 0 saturated heterocycles. The van der Waals surface area contributed by atoms with Gasteiger partial charge < -0.3 is 19.7 Å². The number of hydrogen-bond donors (Lipinski definition) is 2. The lowest BCUT2D eigenvalue weighted by Gasteiger charge is -2.25. The van der Waals surface area contributed by atoms with E-state index < -0.39 is 12.2 Å². The molecule has 8 nitrogen and oxygen atoms in total. The van der Waals surface area contributed by atoms with E-state index in [-0.39, 0.29) is 13.1 Å². The van der Waals surface area contributed by atoms with Gasteiger partial charge in [0.05, 0.1) is 25.2 Å². The lowest BCUT2D eigenvalue weighted by molar-refractivity contribution is 0.166. The van der Waals surface area contributed by atoms with E-state index in [2.05, 4.69) is 0 Å². The van der Waals surface area contributed by atoms with Crippen molar-refractivity contribution < 1.29 is 29.3 Å². The Morgan fingerprint density at radius 2 is 0.946 bits per heavy atom. The molecule has 0 heterocycles. The van der Waals surface area contributed by atoms with Crippen molar-refractivity contribution in [2.45, 2.75) is 13.1 Å². The minimum absolute atomic E-state index is 0.0487. The minimum atomic E-state index is -1.27. The van der Waals surface area contributed by atoms with Crippen molar-refractivity contribution in [3.63, 3.8) is 0 Å². The Kier molecular flexibility index (Phi) is 8.51. The first-order chi connectivity index (χ1) is 18.0. The van der Waals surface area contributed by atoms with E-state index >= 15 is 0 Å². The van der Waals surface area contributed by atoms with E-state index in [9.17, 15) is 19.8 Å². The van der Waals surface area contributed by atoms with Crippen LogP contribution >= 0.6 is 12.1 Å². The number of para-hydroxylation sites is 2. The predicted molar refractivity (Wildman–Crippen MR) is 141 cm³/mol. The third-order valence-corrected chi connectivity index (χ3v) is 6.00. The quantitative estimate of drug-likeness (QED) is 0.211. The number of amides is 2. The Bertz CT molecular complexity index is 1230. The van der Waals surface area contributed by atoms with Gasteiger partial charge in [0.25, 0.3) is 0 Å². The monoisotopic (exact) mass is 516 g/mol. The molecule has 0 saturated carbocycles. The van der Waals surface area contributed by atoms with Gasteiger partial charge in [0.2, 0.25) is 0 Å². The average molecular weight is 517 g/mol. The van der Waals surface area contributed by atoms with E-state index in [1.54, 1.807) is 48.5 Å². The standard InChI is InChI=1S/C28H24N2O6S/c31-27(32)29(19-21-9-7-15-25(17-21)35-23-11-3-1-4-12-23)37-30(28(33)34)20-22-10-8-16-26(18-22)36-24-13-5-2-6-14-24/h1-18H,19-20H2,(H,31,32)(H,33,34). The zero-order valence-corrected chi connectivity index (χ0v) is 20.5. The summed E-state index contributed by atoms with van der Waals surface area (Å²) in [5, 5.41) is 19.6. The maximum absolute atomic E-state index is 12.0. The fourth-order valence-corrected chi connectivity index (χ4v) is 4.17. The van der Waals surface area contributed by atoms with Gasteiger partial charge in [-0.2, -0.15) is 0 Å². The zero-order chi connectivity index (χ0) is 26.0. The van der Waals surface area contributed by atoms with Gasteiger partial charge in [-0.25, -0.2) is 18.2 Å². The molecular formula is C28H24N2O6S. The van der Waals surface area contributed by atoms with E-state index in [0.29, 0.717) is 46.3 Å². The van der Waals surface area contributed by atoms with E-state index in [1.165, 1.54) is 0 Å². The van der Waals surface area contributed by atoms with Crippen molar-refractivity contribution in [1.82, 2.24) is 8.61 Å². The normalized spacial score (nSPS) is 10.4. The fraction of sp³-hybridized carbons (Fsp3) is 0.0714. The average Bonchev–Trinajstić information content (AvgIpc) is 2.89. The van der Waals surface area contributed by atoms with Crippen LogP contribution in [0.1, 0.15) is 11.1 Å². The molecule has 2 N–H and O–H groups in total. The summed E-state index contributed by atoms with van der Waals surface area (Å²) in [5.41, 5.74) is 1.29. The Balaban J connectivity index is 1.44. The van der Waals surface area contributed by atoms with Crippen LogP contribution in [0.3, 0.4) is 0 Å². The van der Waals surface area contributed by atoms with Gasteiger partial charge >= 0.3 is 12.2 Å². The summed E-state index contributed by atoms with van der Waals surface area (Å²) >= 11 is 0.601. The van der Waals surface area contributed by atoms with Crippen molar-refractivity contribution in [1.29, 1.82) is 0 Å². The molecule has 0 spiro atoms. The molecule has 2 amide bonds. The number of nitrogens with zero attached hydrogens (tertiary/aromatic N) is 2. The highest BCUT2D eigenvalue weighted by molar-refractivity contribution is 7.95. The maximum Gasteiger partial charge on any atom is 0.419 e. The van der Waals surface area contributed by atoms with Crippen LogP contribution in [0, 0.1) is 0 Å². The predicted octanol–water partition coefficient (Wildman–Crippen LogP) is 7.49. The molecule has 4 aromatic rings. The lowest BCUT2D eigenvalue weighted by atomic mass is 10.2. The van der Waals surface area contributed by atoms with Crippen molar-refractivity contribution in [3.8, 4) is 23.0 Å². The van der Waals surface area contributed by atoms with Crippen LogP contribution in [0.25, 0.3) is 0 Å². The van der Waals surface area contributed by atoms with Gasteiger partial charge in [0.1, 0.15) is 23.0 Å². The molecule has 0 unspecified atom stereocenters. The number of hydrogen-bond acceptors (Lipinski definition) is 5. The second-order valence-electron chi connectivity index (χ2n) is 7.85. The van der Waals surface area contributed by atoms with Crippen molar-refractivity contribution >= 4 is 24.3 Å². The van der Waals surface area contributed by atoms with Crippen molar-refractivity contribution in [2.24, 2.45) is 0 Å². The first-order valence-electron chi connectivity index (χ1n) is 11.3. The van der Waals surface area contributed by atoms with Gasteiger partial charge in [0.15, 0.2) is 0 Å². The molecule has 0 atom stereocenters. The third-order valence-electron chi connectivity index (χ3n) is 5.03. The smallest absolute Gasteiger partial charge is 0.419 e. The molecule has 0 aliphatic carbocycles.